The van der Waals surface area contributed by atoms with Crippen molar-refractivity contribution in [1.82, 2.24) is 4.57 Å². The number of thiazole rings is 1. The molecule has 0 atom stereocenters. The number of methoxy groups -OCH3 is 1. The van der Waals surface area contributed by atoms with E-state index in [2.05, 4.69) is 26.2 Å². The highest BCUT2D eigenvalue weighted by Gasteiger charge is 2.19. The van der Waals surface area contributed by atoms with E-state index in [0.717, 1.165) is 37.2 Å². The quantitative estimate of drug-likeness (QED) is 0.563. The predicted molar refractivity (Wildman–Crippen MR) is 122 cm³/mol. The molecule has 1 aliphatic rings. The van der Waals surface area contributed by atoms with Crippen molar-refractivity contribution in [3.8, 4) is 11.6 Å². The number of benzene rings is 2. The number of aliphatic imine (C=N–C) groups is 1. The Morgan fingerprint density at radius 2 is 2.13 bits per heavy atom. The highest BCUT2D eigenvalue weighted by molar-refractivity contribution is 9.10. The molecule has 2 heterocycles. The summed E-state index contributed by atoms with van der Waals surface area (Å²) in [4.78, 5) is 29.1. The predicted octanol–water partition coefficient (Wildman–Crippen LogP) is 4.28. The molecular weight excluding hydrogens is 470 g/mol. The molecule has 7 nitrogen and oxygen atoms in total. The van der Waals surface area contributed by atoms with Crippen LogP contribution in [0.3, 0.4) is 0 Å². The Morgan fingerprint density at radius 1 is 1.33 bits per heavy atom. The van der Waals surface area contributed by atoms with Gasteiger partial charge in [-0.3, -0.25) is 19.1 Å². The Labute approximate surface area is 184 Å². The molecule has 0 fully saturated rings. The van der Waals surface area contributed by atoms with E-state index < -0.39 is 10.8 Å². The first-order valence-electron chi connectivity index (χ1n) is 8.87. The summed E-state index contributed by atoms with van der Waals surface area (Å²) in [5.74, 6) is -0.210. The van der Waals surface area contributed by atoms with Crippen molar-refractivity contribution in [2.24, 2.45) is 4.99 Å². The van der Waals surface area contributed by atoms with Crippen molar-refractivity contribution < 1.29 is 14.6 Å². The van der Waals surface area contributed by atoms with Gasteiger partial charge in [0.1, 0.15) is 12.3 Å². The molecule has 0 aliphatic carbocycles. The number of carbonyl (C=O) groups is 1. The molecule has 0 saturated heterocycles. The number of aromatic nitrogens is 1. The molecule has 0 radical (unpaired) electrons. The number of para-hydroxylation sites is 2. The molecular formula is C21H16BrN3O4S. The number of halogens is 1. The summed E-state index contributed by atoms with van der Waals surface area (Å²) < 4.78 is 7.15. The molecule has 1 amide bonds. The van der Waals surface area contributed by atoms with E-state index in [0.29, 0.717) is 16.3 Å². The smallest absolute Gasteiger partial charge is 0.311 e. The maximum atomic E-state index is 12.4. The summed E-state index contributed by atoms with van der Waals surface area (Å²) in [7, 11) is 1.50. The molecule has 30 heavy (non-hydrogen) atoms. The summed E-state index contributed by atoms with van der Waals surface area (Å²) in [6, 6.07) is 12.7. The molecule has 152 valence electrons. The van der Waals surface area contributed by atoms with Gasteiger partial charge in [-0.2, -0.15) is 0 Å². The second-order valence-electron chi connectivity index (χ2n) is 6.41. The third-order valence-electron chi connectivity index (χ3n) is 4.48. The second kappa shape index (κ2) is 8.29. The third kappa shape index (κ3) is 3.94. The van der Waals surface area contributed by atoms with Crippen LogP contribution < -0.4 is 14.9 Å². The van der Waals surface area contributed by atoms with Crippen molar-refractivity contribution in [3.05, 3.63) is 67.0 Å². The van der Waals surface area contributed by atoms with E-state index in [9.17, 15) is 14.7 Å². The zero-order valence-corrected chi connectivity index (χ0v) is 18.2. The molecule has 1 aliphatic heterocycles. The van der Waals surface area contributed by atoms with Crippen LogP contribution in [0.1, 0.15) is 10.4 Å². The molecule has 3 aromatic rings. The van der Waals surface area contributed by atoms with Gasteiger partial charge >= 0.3 is 4.87 Å². The number of hydrogen-bond donors (Lipinski definition) is 2. The number of fused-ring (bicyclic) bond motifs is 1. The lowest BCUT2D eigenvalue weighted by Gasteiger charge is -2.10. The number of anilines is 1. The Balaban J connectivity index is 1.58. The van der Waals surface area contributed by atoms with E-state index in [-0.39, 0.29) is 12.4 Å². The summed E-state index contributed by atoms with van der Waals surface area (Å²) in [6.07, 6.45) is 3.37. The van der Waals surface area contributed by atoms with Crippen LogP contribution in [-0.2, 0) is 11.3 Å². The number of hydrogen-bond acceptors (Lipinski definition) is 6. The molecule has 0 unspecified atom stereocenters. The van der Waals surface area contributed by atoms with Crippen LogP contribution in [0.5, 0.6) is 11.6 Å². The fourth-order valence-electron chi connectivity index (χ4n) is 3.05. The van der Waals surface area contributed by atoms with E-state index >= 15 is 0 Å². The standard InChI is InChI=1S/C21H16BrN3O4S/c1-29-17-5-3-2-4-16(17)24-19(26)11-25-20(27)18(30-21(25)28)8-12-10-23-15-7-6-13(22)9-14(12)15/h2-10,27H,11H2,1H3,(H,24,26). The molecule has 2 aromatic carbocycles. The Bertz CT molecular complexity index is 1260. The molecule has 1 aromatic heterocycles. The van der Waals surface area contributed by atoms with Gasteiger partial charge < -0.3 is 15.2 Å². The van der Waals surface area contributed by atoms with Crippen LogP contribution >= 0.6 is 27.3 Å². The zero-order chi connectivity index (χ0) is 21.3. The number of nitrogens with zero attached hydrogens (tertiary/aromatic N) is 2. The van der Waals surface area contributed by atoms with Crippen LogP contribution in [0.2, 0.25) is 0 Å². The molecule has 0 spiro atoms. The minimum atomic E-state index is -0.453. The van der Waals surface area contributed by atoms with Gasteiger partial charge in [0.05, 0.1) is 23.4 Å². The van der Waals surface area contributed by atoms with Crippen molar-refractivity contribution >= 4 is 62.4 Å². The second-order valence-corrected chi connectivity index (χ2v) is 8.32. The first kappa shape index (κ1) is 20.1. The van der Waals surface area contributed by atoms with Crippen LogP contribution in [0.25, 0.3) is 11.6 Å². The van der Waals surface area contributed by atoms with E-state index in [1.54, 1.807) is 36.6 Å². The number of aromatic hydroxyl groups is 1. The highest BCUT2D eigenvalue weighted by Crippen LogP contribution is 2.36. The van der Waals surface area contributed by atoms with E-state index in [1.807, 2.05) is 18.2 Å². The fraction of sp³-hybridized carbons (Fsp3) is 0.0952. The summed E-state index contributed by atoms with van der Waals surface area (Å²) in [5, 5.41) is 13.3. The summed E-state index contributed by atoms with van der Waals surface area (Å²) >= 11 is 4.30. The van der Waals surface area contributed by atoms with E-state index in [1.165, 1.54) is 7.11 Å². The maximum Gasteiger partial charge on any atom is 0.311 e. The number of carbonyl (C=O) groups excluding carboxylic acids is 1. The Kier molecular flexibility index (Phi) is 5.56. The van der Waals surface area contributed by atoms with Gasteiger partial charge in [0.2, 0.25) is 11.8 Å². The summed E-state index contributed by atoms with van der Waals surface area (Å²) in [5.41, 5.74) is 2.96. The monoisotopic (exact) mass is 485 g/mol. The lowest BCUT2D eigenvalue weighted by molar-refractivity contribution is -0.116. The minimum absolute atomic E-state index is 0.260. The molecule has 2 N–H and O–H groups in total. The number of amides is 1. The van der Waals surface area contributed by atoms with Crippen LogP contribution in [0.4, 0.5) is 11.4 Å². The molecule has 4 rings (SSSR count). The number of rotatable bonds is 5. The van der Waals surface area contributed by atoms with Gasteiger partial charge in [0, 0.05) is 21.8 Å². The third-order valence-corrected chi connectivity index (χ3v) is 5.88. The topological polar surface area (TPSA) is 92.9 Å². The van der Waals surface area contributed by atoms with Crippen molar-refractivity contribution in [2.75, 3.05) is 12.4 Å². The van der Waals surface area contributed by atoms with Gasteiger partial charge in [-0.25, -0.2) is 0 Å². The number of ether oxygens (including phenoxy) is 1. The lowest BCUT2D eigenvalue weighted by atomic mass is 10.1. The number of allylic oxidation sites excluding steroid dienone is 1. The summed E-state index contributed by atoms with van der Waals surface area (Å²) in [6.45, 7) is -0.321. The minimum Gasteiger partial charge on any atom is -0.495 e. The van der Waals surface area contributed by atoms with Crippen molar-refractivity contribution in [2.45, 2.75) is 6.54 Å². The van der Waals surface area contributed by atoms with Crippen LogP contribution in [0.15, 0.2) is 56.7 Å². The van der Waals surface area contributed by atoms with Crippen molar-refractivity contribution in [3.63, 3.8) is 0 Å². The average Bonchev–Trinajstić information content (AvgIpc) is 3.24. The maximum absolute atomic E-state index is 12.4. The fourth-order valence-corrected chi connectivity index (χ4v) is 4.24. The van der Waals surface area contributed by atoms with Gasteiger partial charge in [-0.1, -0.05) is 39.4 Å². The molecule has 9 heteroatoms. The van der Waals surface area contributed by atoms with Crippen LogP contribution in [-0.4, -0.2) is 28.9 Å². The molecule has 0 saturated carbocycles. The van der Waals surface area contributed by atoms with Crippen LogP contribution in [0, 0.1) is 0 Å². The first-order chi connectivity index (χ1) is 14.5. The van der Waals surface area contributed by atoms with Gasteiger partial charge in [0.15, 0.2) is 0 Å². The van der Waals surface area contributed by atoms with Gasteiger partial charge in [-0.15, -0.1) is 0 Å². The Hall–Kier alpha value is -3.17. The highest BCUT2D eigenvalue weighted by atomic mass is 79.9. The van der Waals surface area contributed by atoms with Gasteiger partial charge in [-0.05, 0) is 36.4 Å². The SMILES string of the molecule is COc1ccccc1NC(=O)Cn1c(O)c(C=C2C=Nc3ccc(Br)cc32)sc1=O. The normalized spacial score (nSPS) is 13.5. The largest absolute Gasteiger partial charge is 0.495 e. The van der Waals surface area contributed by atoms with Crippen molar-refractivity contribution in [1.29, 1.82) is 0 Å². The lowest BCUT2D eigenvalue weighted by Crippen LogP contribution is -2.24. The average molecular weight is 486 g/mol. The first-order valence-corrected chi connectivity index (χ1v) is 10.5. The zero-order valence-electron chi connectivity index (χ0n) is 15.8. The van der Waals surface area contributed by atoms with Gasteiger partial charge in [0.25, 0.3) is 0 Å². The molecule has 0 bridgehead atoms. The van der Waals surface area contributed by atoms with E-state index in [4.69, 9.17) is 4.74 Å². The Morgan fingerprint density at radius 3 is 2.93 bits per heavy atom. The number of nitrogens with one attached hydrogen (secondary N) is 1.